The minimum Gasteiger partial charge on any atom is -0.336 e. The lowest BCUT2D eigenvalue weighted by Gasteiger charge is -2.40. The molecule has 0 bridgehead atoms. The Hall–Kier alpha value is -1.10. The van der Waals surface area contributed by atoms with Crippen LogP contribution in [-0.2, 0) is 4.79 Å². The number of ketones is 1. The van der Waals surface area contributed by atoms with Crippen LogP contribution in [0, 0.1) is 0 Å². The van der Waals surface area contributed by atoms with Gasteiger partial charge in [-0.3, -0.25) is 9.69 Å². The Bertz CT molecular complexity index is 358. The van der Waals surface area contributed by atoms with Crippen LogP contribution < -0.4 is 5.32 Å². The quantitative estimate of drug-likeness (QED) is 0.694. The van der Waals surface area contributed by atoms with Crippen LogP contribution in [0.3, 0.4) is 0 Å². The van der Waals surface area contributed by atoms with Crippen molar-refractivity contribution in [3.05, 3.63) is 0 Å². The fourth-order valence-corrected chi connectivity index (χ4v) is 3.44. The third-order valence-electron chi connectivity index (χ3n) is 4.48. The summed E-state index contributed by atoms with van der Waals surface area (Å²) in [5.74, 6) is 0.415. The molecule has 2 heterocycles. The Kier molecular flexibility index (Phi) is 3.24. The second-order valence-electron chi connectivity index (χ2n) is 5.61. The summed E-state index contributed by atoms with van der Waals surface area (Å²) < 4.78 is 0. The van der Waals surface area contributed by atoms with Crippen molar-refractivity contribution in [3.8, 4) is 0 Å². The van der Waals surface area contributed by atoms with Gasteiger partial charge in [0.05, 0.1) is 12.1 Å². The van der Waals surface area contributed by atoms with Gasteiger partial charge in [0, 0.05) is 32.6 Å². The molecule has 0 aromatic heterocycles. The summed E-state index contributed by atoms with van der Waals surface area (Å²) in [7, 11) is 0. The predicted molar refractivity (Wildman–Crippen MR) is 67.3 cm³/mol. The molecule has 5 heteroatoms. The van der Waals surface area contributed by atoms with Crippen molar-refractivity contribution in [1.82, 2.24) is 15.1 Å². The normalized spacial score (nSPS) is 34.1. The highest BCUT2D eigenvalue weighted by Crippen LogP contribution is 2.23. The molecular weight excluding hydrogens is 230 g/mol. The zero-order chi connectivity index (χ0) is 12.5. The molecule has 1 N–H and O–H groups in total. The first-order valence-electron chi connectivity index (χ1n) is 7.07. The van der Waals surface area contributed by atoms with Gasteiger partial charge >= 0.3 is 6.03 Å². The van der Waals surface area contributed by atoms with Gasteiger partial charge < -0.3 is 10.2 Å². The van der Waals surface area contributed by atoms with Crippen LogP contribution in [0.25, 0.3) is 0 Å². The number of nitrogens with zero attached hydrogens (tertiary/aromatic N) is 2. The summed E-state index contributed by atoms with van der Waals surface area (Å²) in [4.78, 5) is 27.9. The van der Waals surface area contributed by atoms with E-state index in [2.05, 4.69) is 10.2 Å². The fraction of sp³-hybridized carbons (Fsp3) is 0.846. The first-order chi connectivity index (χ1) is 8.75. The van der Waals surface area contributed by atoms with Gasteiger partial charge in [0.15, 0.2) is 0 Å². The van der Waals surface area contributed by atoms with Crippen LogP contribution in [0.1, 0.15) is 32.1 Å². The van der Waals surface area contributed by atoms with E-state index in [9.17, 15) is 9.59 Å². The highest BCUT2D eigenvalue weighted by atomic mass is 16.2. The highest BCUT2D eigenvalue weighted by Gasteiger charge is 2.38. The minimum absolute atomic E-state index is 0.0619. The number of carbonyl (C=O) groups is 2. The molecule has 2 unspecified atom stereocenters. The third-order valence-corrected chi connectivity index (χ3v) is 4.48. The molecule has 2 saturated heterocycles. The van der Waals surface area contributed by atoms with E-state index >= 15 is 0 Å². The van der Waals surface area contributed by atoms with Crippen molar-refractivity contribution in [2.75, 3.05) is 26.2 Å². The molecular formula is C13H21N3O2. The molecule has 18 heavy (non-hydrogen) atoms. The van der Waals surface area contributed by atoms with E-state index in [1.54, 1.807) is 0 Å². The van der Waals surface area contributed by atoms with Crippen LogP contribution in [0.4, 0.5) is 4.79 Å². The molecule has 3 fully saturated rings. The number of hydrogen-bond donors (Lipinski definition) is 1. The van der Waals surface area contributed by atoms with Gasteiger partial charge in [0.25, 0.3) is 0 Å². The van der Waals surface area contributed by atoms with Gasteiger partial charge in [-0.15, -0.1) is 0 Å². The predicted octanol–water partition coefficient (Wildman–Crippen LogP) is 0.598. The largest absolute Gasteiger partial charge is 0.336 e. The maximum absolute atomic E-state index is 12.1. The number of fused-ring (bicyclic) bond motifs is 1. The Morgan fingerprint density at radius 1 is 1.11 bits per heavy atom. The lowest BCUT2D eigenvalue weighted by Crippen LogP contribution is -2.56. The number of hydrogen-bond acceptors (Lipinski definition) is 3. The van der Waals surface area contributed by atoms with E-state index in [0.29, 0.717) is 5.78 Å². The summed E-state index contributed by atoms with van der Waals surface area (Å²) in [6.07, 6.45) is 5.16. The molecule has 0 aromatic carbocycles. The first kappa shape index (κ1) is 12.0. The number of carbonyl (C=O) groups excluding carboxylic acids is 2. The van der Waals surface area contributed by atoms with E-state index in [-0.39, 0.29) is 18.1 Å². The standard InChI is InChI=1S/C13H21N3O2/c17-12-5-3-1-2-4-11(12)15-6-7-16-10(9-15)8-14-13(16)18/h10-11H,1-9H2,(H,14,18). The number of nitrogens with one attached hydrogen (secondary N) is 1. The van der Waals surface area contributed by atoms with Crippen molar-refractivity contribution in [2.45, 2.75) is 44.2 Å². The number of Topliss-reactive ketones (excluding diaryl/α,β-unsaturated/α-hetero) is 1. The van der Waals surface area contributed by atoms with Crippen molar-refractivity contribution in [1.29, 1.82) is 0 Å². The van der Waals surface area contributed by atoms with Crippen molar-refractivity contribution >= 4 is 11.8 Å². The van der Waals surface area contributed by atoms with E-state index in [4.69, 9.17) is 0 Å². The summed E-state index contributed by atoms with van der Waals surface area (Å²) in [6.45, 7) is 3.20. The van der Waals surface area contributed by atoms with Crippen LogP contribution in [0.5, 0.6) is 0 Å². The van der Waals surface area contributed by atoms with E-state index in [1.807, 2.05) is 4.90 Å². The lowest BCUT2D eigenvalue weighted by atomic mass is 10.0. The van der Waals surface area contributed by atoms with Gasteiger partial charge in [-0.2, -0.15) is 0 Å². The van der Waals surface area contributed by atoms with E-state index < -0.39 is 0 Å². The SMILES string of the molecule is O=C1CCCCCC1N1CCN2C(=O)NCC2C1. The molecule has 100 valence electrons. The maximum atomic E-state index is 12.1. The van der Waals surface area contributed by atoms with E-state index in [1.165, 1.54) is 12.8 Å². The van der Waals surface area contributed by atoms with Gasteiger partial charge in [-0.1, -0.05) is 12.8 Å². The monoisotopic (exact) mass is 251 g/mol. The van der Waals surface area contributed by atoms with Crippen LogP contribution in [0.2, 0.25) is 0 Å². The van der Waals surface area contributed by atoms with Gasteiger partial charge in [-0.25, -0.2) is 4.79 Å². The Morgan fingerprint density at radius 3 is 2.89 bits per heavy atom. The average molecular weight is 251 g/mol. The van der Waals surface area contributed by atoms with Crippen molar-refractivity contribution < 1.29 is 9.59 Å². The summed E-state index contributed by atoms with van der Waals surface area (Å²) in [5.41, 5.74) is 0. The first-order valence-corrected chi connectivity index (χ1v) is 7.07. The Balaban J connectivity index is 1.66. The summed E-state index contributed by atoms with van der Waals surface area (Å²) in [5, 5.41) is 2.88. The zero-order valence-electron chi connectivity index (χ0n) is 10.7. The summed E-state index contributed by atoms with van der Waals surface area (Å²) in [6, 6.07) is 0.444. The lowest BCUT2D eigenvalue weighted by molar-refractivity contribution is -0.125. The molecule has 1 aliphatic carbocycles. The topological polar surface area (TPSA) is 52.7 Å². The molecule has 2 amide bonds. The average Bonchev–Trinajstić information content (AvgIpc) is 2.61. The smallest absolute Gasteiger partial charge is 0.317 e. The number of piperazine rings is 1. The molecule has 2 aliphatic heterocycles. The van der Waals surface area contributed by atoms with Gasteiger partial charge in [0.1, 0.15) is 5.78 Å². The fourth-order valence-electron chi connectivity index (χ4n) is 3.44. The third kappa shape index (κ3) is 2.11. The van der Waals surface area contributed by atoms with Gasteiger partial charge in [0.2, 0.25) is 0 Å². The highest BCUT2D eigenvalue weighted by molar-refractivity contribution is 5.84. The van der Waals surface area contributed by atoms with Gasteiger partial charge in [-0.05, 0) is 12.8 Å². The van der Waals surface area contributed by atoms with Crippen molar-refractivity contribution in [3.63, 3.8) is 0 Å². The molecule has 2 atom stereocenters. The Labute approximate surface area is 107 Å². The van der Waals surface area contributed by atoms with Crippen LogP contribution >= 0.6 is 0 Å². The van der Waals surface area contributed by atoms with Crippen molar-refractivity contribution in [2.24, 2.45) is 0 Å². The second-order valence-corrected chi connectivity index (χ2v) is 5.61. The molecule has 5 nitrogen and oxygen atoms in total. The molecule has 3 rings (SSSR count). The maximum Gasteiger partial charge on any atom is 0.317 e. The van der Waals surface area contributed by atoms with E-state index in [0.717, 1.165) is 45.4 Å². The molecule has 0 spiro atoms. The molecule has 0 aromatic rings. The number of urea groups is 1. The number of amides is 2. The minimum atomic E-state index is 0.0619. The summed E-state index contributed by atoms with van der Waals surface area (Å²) >= 11 is 0. The molecule has 1 saturated carbocycles. The molecule has 3 aliphatic rings. The second kappa shape index (κ2) is 4.88. The van der Waals surface area contributed by atoms with Crippen LogP contribution in [-0.4, -0.2) is 59.9 Å². The number of rotatable bonds is 1. The molecule has 0 radical (unpaired) electrons. The Morgan fingerprint density at radius 2 is 2.00 bits per heavy atom. The van der Waals surface area contributed by atoms with Crippen LogP contribution in [0.15, 0.2) is 0 Å². The zero-order valence-corrected chi connectivity index (χ0v) is 10.7.